The molecule has 0 fully saturated rings. The molecule has 0 aromatic heterocycles. The molecule has 290 valence electrons. The van der Waals surface area contributed by atoms with Crippen molar-refractivity contribution in [1.82, 2.24) is 0 Å². The molecule has 0 saturated carbocycles. The molecule has 14 nitrogen and oxygen atoms in total. The first-order valence-electron chi connectivity index (χ1n) is 17.0. The molecule has 4 N–H and O–H groups in total. The Labute approximate surface area is 311 Å². The highest BCUT2D eigenvalue weighted by Crippen LogP contribution is 2.51. The fourth-order valence-electron chi connectivity index (χ4n) is 7.12. The monoisotopic (exact) mass is 795 g/mol. The van der Waals surface area contributed by atoms with E-state index in [0.29, 0.717) is 61.5 Å². The minimum Gasteiger partial charge on any atom is -0.481 e. The average molecular weight is 796 g/mol. The van der Waals surface area contributed by atoms with E-state index in [9.17, 15) is 43.7 Å². The number of rotatable bonds is 18. The van der Waals surface area contributed by atoms with Crippen LogP contribution in [0.4, 0.5) is 11.4 Å². The number of hydrogen-bond donors (Lipinski definition) is 4. The van der Waals surface area contributed by atoms with Gasteiger partial charge in [-0.2, -0.15) is 29.8 Å². The number of allylic oxidation sites excluding steroid dienone is 6. The summed E-state index contributed by atoms with van der Waals surface area (Å²) in [6, 6.07) is 8.72. The van der Waals surface area contributed by atoms with Crippen molar-refractivity contribution in [2.45, 2.75) is 79.9 Å². The number of aliphatic carboxylic acids is 1. The second kappa shape index (κ2) is 16.3. The van der Waals surface area contributed by atoms with E-state index < -0.39 is 52.9 Å². The van der Waals surface area contributed by atoms with Crippen molar-refractivity contribution in [2.24, 2.45) is 0 Å². The van der Waals surface area contributed by atoms with Gasteiger partial charge in [-0.15, -0.1) is 0 Å². The molecule has 2 aromatic carbocycles. The highest BCUT2D eigenvalue weighted by atomic mass is 32.2. The molecule has 2 aliphatic heterocycles. The summed E-state index contributed by atoms with van der Waals surface area (Å²) in [5, 5.41) is 9.03. The summed E-state index contributed by atoms with van der Waals surface area (Å²) in [6.45, 7) is 6.94. The Hall–Kier alpha value is -3.71. The first kappa shape index (κ1) is 42.0. The number of ether oxygens (including phenoxy) is 1. The summed E-state index contributed by atoms with van der Waals surface area (Å²) in [4.78, 5) is 12.4. The van der Waals surface area contributed by atoms with Gasteiger partial charge < -0.3 is 14.7 Å². The highest BCUT2D eigenvalue weighted by Gasteiger charge is 2.45. The Bertz CT molecular complexity index is 2190. The molecule has 0 saturated heterocycles. The fraction of sp³-hybridized carbons (Fsp3) is 0.444. The second-order valence-electron chi connectivity index (χ2n) is 13.8. The molecule has 1 unspecified atom stereocenters. The Morgan fingerprint density at radius 2 is 1.49 bits per heavy atom. The van der Waals surface area contributed by atoms with Crippen molar-refractivity contribution in [1.29, 1.82) is 0 Å². The number of carboxylic acids is 1. The van der Waals surface area contributed by atoms with E-state index in [4.69, 9.17) is 9.84 Å². The molecule has 0 amide bonds. The van der Waals surface area contributed by atoms with Crippen LogP contribution in [0.15, 0.2) is 82.3 Å². The van der Waals surface area contributed by atoms with Gasteiger partial charge in [-0.3, -0.25) is 18.5 Å². The Morgan fingerprint density at radius 1 is 0.849 bits per heavy atom. The predicted octanol–water partition coefficient (Wildman–Crippen LogP) is 5.29. The van der Waals surface area contributed by atoms with Gasteiger partial charge in [-0.1, -0.05) is 18.2 Å². The van der Waals surface area contributed by atoms with Crippen LogP contribution in [-0.4, -0.2) is 92.8 Å². The number of unbranched alkanes of at least 4 members (excludes halogenated alkanes) is 2. The van der Waals surface area contributed by atoms with E-state index in [1.165, 1.54) is 24.3 Å². The lowest BCUT2D eigenvalue weighted by Crippen LogP contribution is -2.31. The van der Waals surface area contributed by atoms with Crippen LogP contribution < -0.4 is 4.90 Å². The maximum absolute atomic E-state index is 12.1. The van der Waals surface area contributed by atoms with Gasteiger partial charge in [0.05, 0.1) is 27.6 Å². The van der Waals surface area contributed by atoms with Crippen molar-refractivity contribution >= 4 is 53.4 Å². The van der Waals surface area contributed by atoms with Crippen LogP contribution in [-0.2, 0) is 50.7 Å². The van der Waals surface area contributed by atoms with Crippen molar-refractivity contribution in [2.75, 3.05) is 37.5 Å². The van der Waals surface area contributed by atoms with E-state index >= 15 is 0 Å². The van der Waals surface area contributed by atoms with Gasteiger partial charge in [-0.05, 0) is 88.4 Å². The molecule has 2 aliphatic rings. The van der Waals surface area contributed by atoms with Crippen molar-refractivity contribution in [3.63, 3.8) is 0 Å². The highest BCUT2D eigenvalue weighted by molar-refractivity contribution is 7.86. The standard InChI is InChI=1S/C36H46N2O12S3/c1-35(2)28-24-26(52(44,45)46)15-17-30(28)37(20-10-6-9-14-34(39)40)32(35)12-7-5-8-13-33-36(3,19-11-23-51(41,42)43)29-25-27(53(47,48)49)16-18-31(29)38(33)21-22-50-4/h5,7-8,12-13,15-18,24-25H,6,9-11,14,19-23H2,1-4H3,(H3-,39,40,41,42,43,44,45,46,47,48,49)/p+1. The van der Waals surface area contributed by atoms with Crippen molar-refractivity contribution in [3.05, 3.63) is 83.6 Å². The van der Waals surface area contributed by atoms with Crippen molar-refractivity contribution < 1.29 is 58.1 Å². The lowest BCUT2D eigenvalue weighted by atomic mass is 9.77. The zero-order chi connectivity index (χ0) is 39.4. The number of benzene rings is 2. The summed E-state index contributed by atoms with van der Waals surface area (Å²) < 4.78 is 108. The van der Waals surface area contributed by atoms with Crippen LogP contribution in [0, 0.1) is 0 Å². The largest absolute Gasteiger partial charge is 0.481 e. The van der Waals surface area contributed by atoms with E-state index in [1.54, 1.807) is 31.4 Å². The summed E-state index contributed by atoms with van der Waals surface area (Å²) >= 11 is 0. The number of carbonyl (C=O) groups is 1. The molecule has 1 atom stereocenters. The first-order valence-corrected chi connectivity index (χ1v) is 21.5. The Balaban J connectivity index is 1.74. The first-order chi connectivity index (χ1) is 24.6. The minimum atomic E-state index is -4.55. The molecular formula is C36H47N2O12S3+. The molecule has 17 heteroatoms. The molecule has 0 spiro atoms. The molecule has 0 radical (unpaired) electrons. The second-order valence-corrected chi connectivity index (χ2v) is 18.3. The van der Waals surface area contributed by atoms with Gasteiger partial charge in [0, 0.05) is 61.0 Å². The quantitative estimate of drug-likeness (QED) is 0.0654. The fourth-order valence-corrected chi connectivity index (χ4v) is 8.65. The van der Waals surface area contributed by atoms with Gasteiger partial charge in [0.25, 0.3) is 30.4 Å². The molecule has 53 heavy (non-hydrogen) atoms. The molecule has 4 rings (SSSR count). The van der Waals surface area contributed by atoms with Crippen LogP contribution in [0.5, 0.6) is 0 Å². The normalized spacial score (nSPS) is 19.5. The number of nitrogens with zero attached hydrogens (tertiary/aromatic N) is 2. The third kappa shape index (κ3) is 9.89. The van der Waals surface area contributed by atoms with Gasteiger partial charge in [0.15, 0.2) is 5.71 Å². The smallest absolute Gasteiger partial charge is 0.303 e. The minimum absolute atomic E-state index is 0.0589. The van der Waals surface area contributed by atoms with Gasteiger partial charge >= 0.3 is 5.97 Å². The summed E-state index contributed by atoms with van der Waals surface area (Å²) in [5.41, 5.74) is 2.62. The van der Waals surface area contributed by atoms with Gasteiger partial charge in [-0.25, -0.2) is 0 Å². The van der Waals surface area contributed by atoms with Crippen LogP contribution in [0.1, 0.15) is 70.4 Å². The van der Waals surface area contributed by atoms with E-state index in [-0.39, 0.29) is 29.1 Å². The predicted molar refractivity (Wildman–Crippen MR) is 200 cm³/mol. The van der Waals surface area contributed by atoms with E-state index in [0.717, 1.165) is 11.4 Å². The Morgan fingerprint density at radius 3 is 2.09 bits per heavy atom. The number of hydrogen-bond acceptors (Lipinski definition) is 9. The molecule has 0 bridgehead atoms. The summed E-state index contributed by atoms with van der Waals surface area (Å²) in [5.74, 6) is -1.37. The van der Waals surface area contributed by atoms with Crippen LogP contribution in [0.2, 0.25) is 0 Å². The van der Waals surface area contributed by atoms with E-state index in [1.807, 2.05) is 43.9 Å². The van der Waals surface area contributed by atoms with Gasteiger partial charge in [0.1, 0.15) is 6.54 Å². The molecule has 0 aliphatic carbocycles. The SMILES string of the molecule is COCCN1C(=CC=CC=CC2=[N+](CCCCCC(=O)O)c3ccc(S(=O)(=O)O)cc3C2(C)C)C(C)(CCCS(=O)(=O)O)c2cc(S(=O)(=O)O)ccc21. The van der Waals surface area contributed by atoms with Gasteiger partial charge in [0.2, 0.25) is 5.69 Å². The summed E-state index contributed by atoms with van der Waals surface area (Å²) in [7, 11) is -11.7. The lowest BCUT2D eigenvalue weighted by Gasteiger charge is -2.30. The third-order valence-electron chi connectivity index (χ3n) is 9.77. The number of anilines is 1. The Kier molecular flexibility index (Phi) is 13.0. The number of carboxylic acid groups (broad SMARTS) is 1. The number of fused-ring (bicyclic) bond motifs is 2. The molecular weight excluding hydrogens is 749 g/mol. The molecule has 2 heterocycles. The van der Waals surface area contributed by atoms with Crippen LogP contribution in [0.25, 0.3) is 0 Å². The van der Waals surface area contributed by atoms with Crippen LogP contribution >= 0.6 is 0 Å². The van der Waals surface area contributed by atoms with Crippen LogP contribution in [0.3, 0.4) is 0 Å². The zero-order valence-electron chi connectivity index (χ0n) is 30.1. The number of methoxy groups -OCH3 is 1. The zero-order valence-corrected chi connectivity index (χ0v) is 32.5. The topological polar surface area (TPSA) is 216 Å². The molecule has 2 aromatic rings. The maximum atomic E-state index is 12.1. The summed E-state index contributed by atoms with van der Waals surface area (Å²) in [6.07, 6.45) is 11.3. The third-order valence-corrected chi connectivity index (χ3v) is 12.3. The maximum Gasteiger partial charge on any atom is 0.303 e. The average Bonchev–Trinajstić information content (AvgIpc) is 3.40. The van der Waals surface area contributed by atoms with Crippen molar-refractivity contribution in [3.8, 4) is 0 Å². The van der Waals surface area contributed by atoms with E-state index in [2.05, 4.69) is 4.58 Å². The lowest BCUT2D eigenvalue weighted by molar-refractivity contribution is -0.438.